The molecule has 0 radical (unpaired) electrons. The van der Waals surface area contributed by atoms with Gasteiger partial charge in [-0.1, -0.05) is 0 Å². The number of hydrogen-bond acceptors (Lipinski definition) is 7. The molecule has 2 bridgehead atoms. The first-order valence-electron chi connectivity index (χ1n) is 14.0. The predicted octanol–water partition coefficient (Wildman–Crippen LogP) is 3.67. The molecule has 12 heteroatoms. The molecule has 3 aliphatic carbocycles. The maximum Gasteiger partial charge on any atom is 0.235 e. The van der Waals surface area contributed by atoms with Gasteiger partial charge in [-0.3, -0.25) is 14.3 Å². The highest BCUT2D eigenvalue weighted by atomic mass is 32.2. The van der Waals surface area contributed by atoms with Gasteiger partial charge in [-0.15, -0.1) is 0 Å². The summed E-state index contributed by atoms with van der Waals surface area (Å²) in [6.07, 6.45) is 9.47. The van der Waals surface area contributed by atoms with Gasteiger partial charge in [-0.25, -0.2) is 22.5 Å². The molecule has 2 unspecified atom stereocenters. The molecule has 210 valence electrons. The Hall–Kier alpha value is -3.38. The minimum absolute atomic E-state index is 0.154. The molecule has 5 heterocycles. The molecule has 4 aromatic rings. The van der Waals surface area contributed by atoms with Gasteiger partial charge in [0.05, 0.1) is 29.9 Å². The van der Waals surface area contributed by atoms with Crippen molar-refractivity contribution in [1.82, 2.24) is 35.0 Å². The van der Waals surface area contributed by atoms with Gasteiger partial charge in [0.2, 0.25) is 10.0 Å². The average Bonchev–Trinajstić information content (AvgIpc) is 3.64. The number of anilines is 1. The van der Waals surface area contributed by atoms with Crippen molar-refractivity contribution >= 4 is 26.6 Å². The van der Waals surface area contributed by atoms with Crippen molar-refractivity contribution < 1.29 is 12.8 Å². The van der Waals surface area contributed by atoms with E-state index in [1.54, 1.807) is 29.5 Å². The molecule has 0 aromatic carbocycles. The molecule has 10 nitrogen and oxygen atoms in total. The van der Waals surface area contributed by atoms with E-state index in [0.717, 1.165) is 35.1 Å². The summed E-state index contributed by atoms with van der Waals surface area (Å²) in [6.45, 7) is 3.78. The number of sulfonamides is 1. The number of nitrogens with one attached hydrogen (secondary N) is 2. The van der Waals surface area contributed by atoms with E-state index in [0.29, 0.717) is 67.3 Å². The lowest BCUT2D eigenvalue weighted by Crippen LogP contribution is -2.50. The minimum atomic E-state index is -3.29. The standard InChI is InChI=1S/C28H33FN8O2S/c1-17(25-10-26(29)19-5-18(25)6-19)31-13-22-7-20-12-32-23(9-27(20)34-22)15-36-16-33-28(35-36)21-8-24(14-30-11-21)37-3-2-4-40(37,38)39/h7-9,11-12,14,16-19,25-26,31,34H,2-6,10,13,15H2,1H3/t17?,18?,19?,25-,26?/m0/s1. The third-order valence-electron chi connectivity index (χ3n) is 8.93. The minimum Gasteiger partial charge on any atom is -0.357 e. The summed E-state index contributed by atoms with van der Waals surface area (Å²) in [5.74, 6) is 2.03. The fraction of sp³-hybridized carbons (Fsp3) is 0.500. The lowest BCUT2D eigenvalue weighted by Gasteiger charge is -2.50. The highest BCUT2D eigenvalue weighted by Crippen LogP contribution is 2.51. The third-order valence-corrected chi connectivity index (χ3v) is 10.8. The van der Waals surface area contributed by atoms with Gasteiger partial charge in [-0.05, 0) is 68.6 Å². The Morgan fingerprint density at radius 3 is 2.80 bits per heavy atom. The molecular formula is C28H33FN8O2S. The number of H-pyrrole nitrogens is 1. The lowest BCUT2D eigenvalue weighted by atomic mass is 9.57. The van der Waals surface area contributed by atoms with Crippen molar-refractivity contribution in [3.05, 3.63) is 54.5 Å². The van der Waals surface area contributed by atoms with E-state index < -0.39 is 16.2 Å². The van der Waals surface area contributed by atoms with Gasteiger partial charge in [0.15, 0.2) is 5.82 Å². The maximum absolute atomic E-state index is 14.2. The van der Waals surface area contributed by atoms with Gasteiger partial charge >= 0.3 is 0 Å². The SMILES string of the molecule is CC(NCc1cc2cnc(Cn3cnc(-c4cncc(N5CCCS5(=O)=O)c4)n3)cc2[nH]1)[C@@H]1CC(F)C2CC1C2. The van der Waals surface area contributed by atoms with Crippen molar-refractivity contribution in [2.45, 2.75) is 57.9 Å². The van der Waals surface area contributed by atoms with E-state index >= 15 is 0 Å². The second-order valence-corrected chi connectivity index (χ2v) is 13.6. The van der Waals surface area contributed by atoms with Crippen LogP contribution in [0.3, 0.4) is 0 Å². The van der Waals surface area contributed by atoms with Crippen LogP contribution in [-0.2, 0) is 23.1 Å². The molecule has 1 saturated heterocycles. The lowest BCUT2D eigenvalue weighted by molar-refractivity contribution is -0.0354. The summed E-state index contributed by atoms with van der Waals surface area (Å²) in [6, 6.07) is 6.18. The molecule has 4 aromatic heterocycles. The van der Waals surface area contributed by atoms with E-state index in [4.69, 9.17) is 0 Å². The smallest absolute Gasteiger partial charge is 0.235 e. The second-order valence-electron chi connectivity index (χ2n) is 11.6. The topological polar surface area (TPSA) is 122 Å². The number of nitrogens with zero attached hydrogens (tertiary/aromatic N) is 6. The fourth-order valence-corrected chi connectivity index (χ4v) is 8.17. The molecule has 40 heavy (non-hydrogen) atoms. The summed E-state index contributed by atoms with van der Waals surface area (Å²) >= 11 is 0. The van der Waals surface area contributed by atoms with Crippen LogP contribution in [0, 0.1) is 17.8 Å². The van der Waals surface area contributed by atoms with E-state index in [1.165, 1.54) is 4.31 Å². The van der Waals surface area contributed by atoms with Crippen LogP contribution in [0.5, 0.6) is 0 Å². The zero-order valence-electron chi connectivity index (χ0n) is 22.4. The van der Waals surface area contributed by atoms with Crippen LogP contribution < -0.4 is 9.62 Å². The Kier molecular flexibility index (Phi) is 6.34. The summed E-state index contributed by atoms with van der Waals surface area (Å²) < 4.78 is 42.0. The molecular weight excluding hydrogens is 531 g/mol. The Bertz CT molecular complexity index is 1650. The summed E-state index contributed by atoms with van der Waals surface area (Å²) in [7, 11) is -3.29. The fourth-order valence-electron chi connectivity index (χ4n) is 6.63. The van der Waals surface area contributed by atoms with Gasteiger partial charge in [0, 0.05) is 53.7 Å². The summed E-state index contributed by atoms with van der Waals surface area (Å²) in [5, 5.41) is 9.24. The average molecular weight is 565 g/mol. The Morgan fingerprint density at radius 2 is 2.00 bits per heavy atom. The number of hydrogen-bond donors (Lipinski definition) is 2. The van der Waals surface area contributed by atoms with E-state index in [2.05, 4.69) is 43.3 Å². The third kappa shape index (κ3) is 4.77. The first-order chi connectivity index (χ1) is 19.3. The summed E-state index contributed by atoms with van der Waals surface area (Å²) in [5.41, 5.74) is 4.11. The van der Waals surface area contributed by atoms with Gasteiger partial charge < -0.3 is 10.3 Å². The number of aromatic nitrogens is 6. The number of halogens is 1. The molecule has 8 rings (SSSR count). The summed E-state index contributed by atoms with van der Waals surface area (Å²) in [4.78, 5) is 16.8. The molecule has 0 spiro atoms. The van der Waals surface area contributed by atoms with Gasteiger partial charge in [0.1, 0.15) is 12.5 Å². The van der Waals surface area contributed by atoms with Crippen molar-refractivity contribution in [1.29, 1.82) is 0 Å². The Balaban J connectivity index is 1.01. The van der Waals surface area contributed by atoms with Gasteiger partial charge in [-0.2, -0.15) is 5.10 Å². The number of fused-ring (bicyclic) bond motifs is 3. The predicted molar refractivity (Wildman–Crippen MR) is 150 cm³/mol. The monoisotopic (exact) mass is 564 g/mol. The number of aromatic amines is 1. The quantitative estimate of drug-likeness (QED) is 0.335. The van der Waals surface area contributed by atoms with E-state index in [-0.39, 0.29) is 11.8 Å². The highest BCUT2D eigenvalue weighted by Gasteiger charge is 2.47. The van der Waals surface area contributed by atoms with Crippen molar-refractivity contribution in [2.75, 3.05) is 16.6 Å². The zero-order valence-corrected chi connectivity index (χ0v) is 23.2. The van der Waals surface area contributed by atoms with Crippen LogP contribution in [0.15, 0.2) is 43.1 Å². The largest absolute Gasteiger partial charge is 0.357 e. The van der Waals surface area contributed by atoms with Crippen molar-refractivity contribution in [3.8, 4) is 11.4 Å². The zero-order chi connectivity index (χ0) is 27.4. The molecule has 1 aliphatic heterocycles. The highest BCUT2D eigenvalue weighted by molar-refractivity contribution is 7.93. The van der Waals surface area contributed by atoms with E-state index in [1.807, 2.05) is 12.3 Å². The van der Waals surface area contributed by atoms with Crippen LogP contribution in [0.4, 0.5) is 10.1 Å². The van der Waals surface area contributed by atoms with Crippen LogP contribution in [0.2, 0.25) is 0 Å². The normalized spacial score (nSPS) is 26.2. The molecule has 0 amide bonds. The number of pyridine rings is 2. The van der Waals surface area contributed by atoms with E-state index in [9.17, 15) is 12.8 Å². The van der Waals surface area contributed by atoms with Gasteiger partial charge in [0.25, 0.3) is 0 Å². The Morgan fingerprint density at radius 1 is 1.12 bits per heavy atom. The first-order valence-corrected chi connectivity index (χ1v) is 15.6. The molecule has 2 N–H and O–H groups in total. The molecule has 3 atom stereocenters. The first kappa shape index (κ1) is 25.6. The second kappa shape index (κ2) is 9.91. The molecule has 4 fully saturated rings. The van der Waals surface area contributed by atoms with Crippen LogP contribution in [0.25, 0.3) is 22.3 Å². The maximum atomic E-state index is 14.2. The molecule has 4 aliphatic rings. The van der Waals surface area contributed by atoms with Crippen LogP contribution in [-0.4, -0.2) is 62.6 Å². The van der Waals surface area contributed by atoms with Crippen molar-refractivity contribution in [2.24, 2.45) is 17.8 Å². The van der Waals surface area contributed by atoms with Crippen LogP contribution in [0.1, 0.15) is 44.0 Å². The Labute approximate surface area is 232 Å². The molecule has 3 saturated carbocycles. The van der Waals surface area contributed by atoms with Crippen molar-refractivity contribution in [3.63, 3.8) is 0 Å². The number of rotatable bonds is 8. The number of alkyl halides is 1. The van der Waals surface area contributed by atoms with Crippen LogP contribution >= 0.6 is 0 Å².